The molecule has 0 aliphatic rings. The highest BCUT2D eigenvalue weighted by Crippen LogP contribution is 2.23. The van der Waals surface area contributed by atoms with Gasteiger partial charge in [-0.15, -0.1) is 5.10 Å². The number of hydrogen-bond acceptors (Lipinski definition) is 5. The Balaban J connectivity index is 2.03. The van der Waals surface area contributed by atoms with Gasteiger partial charge >= 0.3 is 0 Å². The van der Waals surface area contributed by atoms with E-state index in [2.05, 4.69) is 45.4 Å². The van der Waals surface area contributed by atoms with E-state index in [9.17, 15) is 0 Å². The second-order valence-corrected chi connectivity index (χ2v) is 5.00. The van der Waals surface area contributed by atoms with Gasteiger partial charge in [0, 0.05) is 12.2 Å². The summed E-state index contributed by atoms with van der Waals surface area (Å²) >= 11 is 1.46. The Morgan fingerprint density at radius 2 is 2.28 bits per heavy atom. The van der Waals surface area contributed by atoms with Crippen LogP contribution in [0.4, 0.5) is 0 Å². The number of nitrogens with zero attached hydrogens (tertiary/aromatic N) is 3. The molecule has 1 atom stereocenters. The van der Waals surface area contributed by atoms with Crippen molar-refractivity contribution >= 4 is 11.8 Å². The minimum atomic E-state index is 0.326. The molecule has 0 aliphatic heterocycles. The van der Waals surface area contributed by atoms with E-state index in [4.69, 9.17) is 0 Å². The Morgan fingerprint density at radius 1 is 1.44 bits per heavy atom. The maximum Gasteiger partial charge on any atom is 0.214 e. The standard InChI is InChI=1S/C12H17N5S/c1-4-13-8(2)10-5-6-11(14-7-10)18-12-15-9(3)16-17-12/h5-8,13H,4H2,1-3H3,(H,15,16,17). The van der Waals surface area contributed by atoms with Crippen LogP contribution in [-0.2, 0) is 0 Å². The van der Waals surface area contributed by atoms with Crippen LogP contribution in [0.1, 0.15) is 31.3 Å². The summed E-state index contributed by atoms with van der Waals surface area (Å²) in [6.45, 7) is 7.06. The van der Waals surface area contributed by atoms with Gasteiger partial charge < -0.3 is 5.32 Å². The first-order valence-electron chi connectivity index (χ1n) is 5.95. The van der Waals surface area contributed by atoms with Gasteiger partial charge in [-0.2, -0.15) is 0 Å². The molecule has 2 N–H and O–H groups in total. The van der Waals surface area contributed by atoms with Crippen LogP contribution in [0, 0.1) is 6.92 Å². The van der Waals surface area contributed by atoms with E-state index in [1.54, 1.807) is 0 Å². The lowest BCUT2D eigenvalue weighted by atomic mass is 10.1. The molecule has 96 valence electrons. The topological polar surface area (TPSA) is 66.5 Å². The third kappa shape index (κ3) is 3.30. The van der Waals surface area contributed by atoms with Crippen LogP contribution in [0.5, 0.6) is 0 Å². The van der Waals surface area contributed by atoms with Crippen LogP contribution in [0.2, 0.25) is 0 Å². The molecule has 0 saturated heterocycles. The van der Waals surface area contributed by atoms with Gasteiger partial charge in [-0.3, -0.25) is 5.10 Å². The molecule has 0 aromatic carbocycles. The van der Waals surface area contributed by atoms with Crippen molar-refractivity contribution in [3.05, 3.63) is 29.7 Å². The van der Waals surface area contributed by atoms with E-state index in [-0.39, 0.29) is 0 Å². The molecule has 2 aromatic rings. The Labute approximate surface area is 111 Å². The van der Waals surface area contributed by atoms with Gasteiger partial charge in [0.05, 0.1) is 0 Å². The third-order valence-corrected chi connectivity index (χ3v) is 3.36. The maximum absolute atomic E-state index is 4.42. The molecule has 0 radical (unpaired) electrons. The van der Waals surface area contributed by atoms with Gasteiger partial charge in [0.25, 0.3) is 0 Å². The first-order valence-corrected chi connectivity index (χ1v) is 6.77. The smallest absolute Gasteiger partial charge is 0.214 e. The van der Waals surface area contributed by atoms with Crippen molar-refractivity contribution < 1.29 is 0 Å². The average molecular weight is 263 g/mol. The van der Waals surface area contributed by atoms with E-state index in [0.29, 0.717) is 11.2 Å². The highest BCUT2D eigenvalue weighted by molar-refractivity contribution is 7.99. The second kappa shape index (κ2) is 5.97. The van der Waals surface area contributed by atoms with Gasteiger partial charge in [0.2, 0.25) is 5.16 Å². The summed E-state index contributed by atoms with van der Waals surface area (Å²) in [6.07, 6.45) is 1.90. The van der Waals surface area contributed by atoms with Gasteiger partial charge in [-0.1, -0.05) is 13.0 Å². The third-order valence-electron chi connectivity index (χ3n) is 2.54. The van der Waals surface area contributed by atoms with Crippen LogP contribution < -0.4 is 5.32 Å². The van der Waals surface area contributed by atoms with Crippen molar-refractivity contribution in [1.29, 1.82) is 0 Å². The lowest BCUT2D eigenvalue weighted by Crippen LogP contribution is -2.17. The van der Waals surface area contributed by atoms with Crippen molar-refractivity contribution in [3.8, 4) is 0 Å². The number of hydrogen-bond donors (Lipinski definition) is 2. The van der Waals surface area contributed by atoms with Gasteiger partial charge in [-0.05, 0) is 43.8 Å². The average Bonchev–Trinajstić information content (AvgIpc) is 2.76. The van der Waals surface area contributed by atoms with Crippen LogP contribution >= 0.6 is 11.8 Å². The number of aryl methyl sites for hydroxylation is 1. The second-order valence-electron chi connectivity index (χ2n) is 4.01. The van der Waals surface area contributed by atoms with E-state index < -0.39 is 0 Å². The van der Waals surface area contributed by atoms with Crippen LogP contribution in [0.3, 0.4) is 0 Å². The number of pyridine rings is 1. The molecule has 2 rings (SSSR count). The molecule has 0 spiro atoms. The fourth-order valence-electron chi connectivity index (χ4n) is 1.59. The van der Waals surface area contributed by atoms with Crippen LogP contribution in [0.25, 0.3) is 0 Å². The first kappa shape index (κ1) is 13.0. The molecule has 2 aromatic heterocycles. The van der Waals surface area contributed by atoms with E-state index in [0.717, 1.165) is 17.4 Å². The normalized spacial score (nSPS) is 12.6. The van der Waals surface area contributed by atoms with Crippen molar-refractivity contribution in [2.75, 3.05) is 6.54 Å². The molecule has 0 fully saturated rings. The zero-order chi connectivity index (χ0) is 13.0. The zero-order valence-electron chi connectivity index (χ0n) is 10.8. The molecule has 1 unspecified atom stereocenters. The summed E-state index contributed by atoms with van der Waals surface area (Å²) in [5.74, 6) is 0.815. The summed E-state index contributed by atoms with van der Waals surface area (Å²) < 4.78 is 0. The van der Waals surface area contributed by atoms with Crippen molar-refractivity contribution in [2.45, 2.75) is 37.0 Å². The molecule has 5 nitrogen and oxygen atoms in total. The fourth-order valence-corrected chi connectivity index (χ4v) is 2.30. The summed E-state index contributed by atoms with van der Waals surface area (Å²) in [5, 5.41) is 11.9. The predicted molar refractivity (Wildman–Crippen MR) is 71.6 cm³/mol. The first-order chi connectivity index (χ1) is 8.69. The predicted octanol–water partition coefficient (Wildman–Crippen LogP) is 2.33. The highest BCUT2D eigenvalue weighted by Gasteiger charge is 2.06. The number of aromatic nitrogens is 4. The summed E-state index contributed by atoms with van der Waals surface area (Å²) in [4.78, 5) is 8.65. The Kier molecular flexibility index (Phi) is 4.33. The zero-order valence-corrected chi connectivity index (χ0v) is 11.6. The van der Waals surface area contributed by atoms with E-state index in [1.807, 2.05) is 19.2 Å². The Bertz CT molecular complexity index is 493. The fraction of sp³-hybridized carbons (Fsp3) is 0.417. The van der Waals surface area contributed by atoms with E-state index >= 15 is 0 Å². The van der Waals surface area contributed by atoms with E-state index in [1.165, 1.54) is 17.3 Å². The van der Waals surface area contributed by atoms with Crippen LogP contribution in [0.15, 0.2) is 28.5 Å². The molecular formula is C12H17N5S. The van der Waals surface area contributed by atoms with Gasteiger partial charge in [0.15, 0.2) is 0 Å². The summed E-state index contributed by atoms with van der Waals surface area (Å²) in [5.41, 5.74) is 1.19. The number of nitrogens with one attached hydrogen (secondary N) is 2. The summed E-state index contributed by atoms with van der Waals surface area (Å²) in [6, 6.07) is 4.41. The Morgan fingerprint density at radius 3 is 2.83 bits per heavy atom. The van der Waals surface area contributed by atoms with Crippen molar-refractivity contribution in [1.82, 2.24) is 25.5 Å². The Hall–Kier alpha value is -1.40. The maximum atomic E-state index is 4.42. The lowest BCUT2D eigenvalue weighted by molar-refractivity contribution is 0.595. The monoisotopic (exact) mass is 263 g/mol. The van der Waals surface area contributed by atoms with Gasteiger partial charge in [0.1, 0.15) is 10.9 Å². The van der Waals surface area contributed by atoms with Gasteiger partial charge in [-0.25, -0.2) is 9.97 Å². The number of aromatic amines is 1. The molecule has 0 amide bonds. The molecule has 2 heterocycles. The van der Waals surface area contributed by atoms with Crippen LogP contribution in [-0.4, -0.2) is 26.7 Å². The molecular weight excluding hydrogens is 246 g/mol. The largest absolute Gasteiger partial charge is 0.310 e. The molecule has 0 bridgehead atoms. The highest BCUT2D eigenvalue weighted by atomic mass is 32.2. The van der Waals surface area contributed by atoms with Crippen molar-refractivity contribution in [2.24, 2.45) is 0 Å². The molecule has 0 saturated carbocycles. The summed E-state index contributed by atoms with van der Waals surface area (Å²) in [7, 11) is 0. The van der Waals surface area contributed by atoms with Crippen molar-refractivity contribution in [3.63, 3.8) is 0 Å². The molecule has 6 heteroatoms. The molecule has 18 heavy (non-hydrogen) atoms. The minimum Gasteiger partial charge on any atom is -0.310 e. The minimum absolute atomic E-state index is 0.326. The number of H-pyrrole nitrogens is 1. The lowest BCUT2D eigenvalue weighted by Gasteiger charge is -2.12. The number of rotatable bonds is 5. The SMILES string of the molecule is CCNC(C)c1ccc(Sc2n[nH]c(C)n2)nc1. The molecule has 0 aliphatic carbocycles. The quantitative estimate of drug-likeness (QED) is 0.866.